The maximum Gasteiger partial charge on any atom is 0.420 e. The zero-order valence-electron chi connectivity index (χ0n) is 28.4. The predicted octanol–water partition coefficient (Wildman–Crippen LogP) is 6.59. The molecular weight excluding hydrogens is 676 g/mol. The quantitative estimate of drug-likeness (QED) is 0.178. The van der Waals surface area contributed by atoms with Crippen molar-refractivity contribution in [3.05, 3.63) is 63.8 Å². The number of rotatable bonds is 10. The molecule has 1 saturated carbocycles. The highest BCUT2D eigenvalue weighted by atomic mass is 32.2. The van der Waals surface area contributed by atoms with Gasteiger partial charge in [0, 0.05) is 48.4 Å². The molecule has 0 radical (unpaired) electrons. The van der Waals surface area contributed by atoms with Gasteiger partial charge in [-0.1, -0.05) is 0 Å². The molecule has 3 heterocycles. The summed E-state index contributed by atoms with van der Waals surface area (Å²) in [6, 6.07) is 6.65. The Morgan fingerprint density at radius 3 is 2.59 bits per heavy atom. The molecular formula is C34H41FN4O8S2. The van der Waals surface area contributed by atoms with Gasteiger partial charge in [0.05, 0.1) is 25.7 Å². The van der Waals surface area contributed by atoms with Gasteiger partial charge in [0.25, 0.3) is 10.0 Å². The Hall–Kier alpha value is -4.11. The van der Waals surface area contributed by atoms with Gasteiger partial charge >= 0.3 is 11.8 Å². The van der Waals surface area contributed by atoms with E-state index in [1.54, 1.807) is 28.5 Å². The fourth-order valence-electron chi connectivity index (χ4n) is 6.96. The largest absolute Gasteiger partial charge is 0.497 e. The Labute approximate surface area is 288 Å². The topological polar surface area (TPSA) is 133 Å². The molecule has 2 aromatic heterocycles. The molecule has 49 heavy (non-hydrogen) atoms. The minimum atomic E-state index is -4.43. The van der Waals surface area contributed by atoms with Crippen LogP contribution < -0.4 is 19.5 Å². The Balaban J connectivity index is 1.33. The Bertz CT molecular complexity index is 2020. The van der Waals surface area contributed by atoms with Crippen LogP contribution in [0.2, 0.25) is 0 Å². The van der Waals surface area contributed by atoms with Crippen LogP contribution in [-0.4, -0.2) is 61.9 Å². The molecule has 1 aliphatic heterocycles. The summed E-state index contributed by atoms with van der Waals surface area (Å²) < 4.78 is 69.0. The van der Waals surface area contributed by atoms with E-state index in [0.29, 0.717) is 30.2 Å². The van der Waals surface area contributed by atoms with Crippen molar-refractivity contribution in [3.8, 4) is 11.5 Å². The van der Waals surface area contributed by atoms with Crippen LogP contribution in [0.15, 0.2) is 56.0 Å². The van der Waals surface area contributed by atoms with Crippen molar-refractivity contribution in [2.75, 3.05) is 31.6 Å². The number of anilines is 1. The van der Waals surface area contributed by atoms with E-state index in [9.17, 15) is 18.0 Å². The van der Waals surface area contributed by atoms with E-state index in [2.05, 4.69) is 4.98 Å². The third kappa shape index (κ3) is 6.62. The molecule has 0 bridgehead atoms. The molecule has 1 saturated heterocycles. The number of halogens is 1. The minimum absolute atomic E-state index is 0.0603. The van der Waals surface area contributed by atoms with Gasteiger partial charge in [0.2, 0.25) is 0 Å². The lowest BCUT2D eigenvalue weighted by Gasteiger charge is -2.40. The molecule has 1 aliphatic carbocycles. The van der Waals surface area contributed by atoms with Crippen molar-refractivity contribution in [2.45, 2.75) is 76.5 Å². The summed E-state index contributed by atoms with van der Waals surface area (Å²) in [5, 5.41) is 1.80. The molecule has 264 valence electrons. The smallest absolute Gasteiger partial charge is 0.420 e. The molecule has 15 heteroatoms. The fourth-order valence-corrected chi connectivity index (χ4v) is 9.26. The van der Waals surface area contributed by atoms with Crippen LogP contribution in [0.4, 0.5) is 14.3 Å². The Morgan fingerprint density at radius 2 is 1.96 bits per heavy atom. The zero-order chi connectivity index (χ0) is 35.3. The number of sulfonamides is 1. The number of oxazole rings is 1. The van der Waals surface area contributed by atoms with Gasteiger partial charge in [-0.15, -0.1) is 11.3 Å². The maximum atomic E-state index is 16.2. The first-order chi connectivity index (χ1) is 23.2. The van der Waals surface area contributed by atoms with E-state index >= 15 is 4.39 Å². The van der Waals surface area contributed by atoms with E-state index in [4.69, 9.17) is 18.6 Å². The monoisotopic (exact) mass is 716 g/mol. The number of carbonyl (C=O) groups is 1. The number of hydrogen-bond donors (Lipinski definition) is 0. The third-order valence-corrected chi connectivity index (χ3v) is 12.2. The number of ether oxygens (including phenoxy) is 3. The molecule has 2 atom stereocenters. The minimum Gasteiger partial charge on any atom is -0.497 e. The van der Waals surface area contributed by atoms with Gasteiger partial charge in [-0.2, -0.15) is 0 Å². The van der Waals surface area contributed by atoms with E-state index in [1.165, 1.54) is 31.0 Å². The van der Waals surface area contributed by atoms with Crippen LogP contribution >= 0.6 is 11.3 Å². The summed E-state index contributed by atoms with van der Waals surface area (Å²) in [7, 11) is -1.45. The second-order valence-electron chi connectivity index (χ2n) is 13.7. The highest BCUT2D eigenvalue weighted by Crippen LogP contribution is 2.61. The first kappa shape index (κ1) is 34.7. The molecule has 4 aromatic rings. The summed E-state index contributed by atoms with van der Waals surface area (Å²) in [5.74, 6) is -0.685. The number of aromatic nitrogens is 2. The molecule has 2 unspecified atom stereocenters. The summed E-state index contributed by atoms with van der Waals surface area (Å²) in [5.41, 5.74) is -0.733. The summed E-state index contributed by atoms with van der Waals surface area (Å²) in [4.78, 5) is 31.9. The van der Waals surface area contributed by atoms with Crippen molar-refractivity contribution < 1.29 is 36.2 Å². The summed E-state index contributed by atoms with van der Waals surface area (Å²) >= 11 is 1.11. The number of benzene rings is 2. The number of amides is 1. The second-order valence-corrected chi connectivity index (χ2v) is 16.4. The molecule has 0 spiro atoms. The van der Waals surface area contributed by atoms with E-state index < -0.39 is 38.1 Å². The van der Waals surface area contributed by atoms with Gasteiger partial charge in [0.1, 0.15) is 22.6 Å². The van der Waals surface area contributed by atoms with Gasteiger partial charge in [-0.25, -0.2) is 31.7 Å². The van der Waals surface area contributed by atoms with Crippen molar-refractivity contribution in [3.63, 3.8) is 0 Å². The van der Waals surface area contributed by atoms with Crippen LogP contribution in [0.25, 0.3) is 11.1 Å². The second kappa shape index (κ2) is 13.0. The highest BCUT2D eigenvalue weighted by Gasteiger charge is 2.55. The van der Waals surface area contributed by atoms with Crippen molar-refractivity contribution in [1.29, 1.82) is 0 Å². The number of hydrogen-bond acceptors (Lipinski definition) is 10. The molecule has 2 aromatic carbocycles. The summed E-state index contributed by atoms with van der Waals surface area (Å²) in [6.45, 7) is 8.23. The lowest BCUT2D eigenvalue weighted by Crippen LogP contribution is -2.46. The van der Waals surface area contributed by atoms with Crippen molar-refractivity contribution in [1.82, 2.24) is 14.5 Å². The van der Waals surface area contributed by atoms with E-state index in [0.717, 1.165) is 47.4 Å². The third-order valence-electron chi connectivity index (χ3n) is 9.60. The molecule has 12 nitrogen and oxygen atoms in total. The number of carbonyl (C=O) groups excluding carboxylic acids is 1. The fraction of sp³-hybridized carbons (Fsp3) is 0.500. The van der Waals surface area contributed by atoms with Gasteiger partial charge in [-0.05, 0) is 82.9 Å². The van der Waals surface area contributed by atoms with Crippen LogP contribution in [0.5, 0.6) is 11.5 Å². The normalized spacial score (nSPS) is 18.3. The first-order valence-corrected chi connectivity index (χ1v) is 18.5. The zero-order valence-corrected chi connectivity index (χ0v) is 30.0. The number of piperidine rings is 1. The van der Waals surface area contributed by atoms with Crippen LogP contribution in [0.3, 0.4) is 0 Å². The number of methoxy groups -OCH3 is 2. The van der Waals surface area contributed by atoms with Crippen LogP contribution in [0.1, 0.15) is 65.0 Å². The molecule has 0 N–H and O–H groups in total. The average Bonchev–Trinajstić information content (AvgIpc) is 3.55. The predicted molar refractivity (Wildman–Crippen MR) is 182 cm³/mol. The lowest BCUT2D eigenvalue weighted by atomic mass is 9.78. The highest BCUT2D eigenvalue weighted by molar-refractivity contribution is 7.93. The molecule has 2 fully saturated rings. The maximum absolute atomic E-state index is 16.2. The Morgan fingerprint density at radius 1 is 1.20 bits per heavy atom. The number of nitrogens with zero attached hydrogens (tertiary/aromatic N) is 4. The number of fused-ring (bicyclic) bond motifs is 1. The van der Waals surface area contributed by atoms with Gasteiger partial charge in [0.15, 0.2) is 16.5 Å². The summed E-state index contributed by atoms with van der Waals surface area (Å²) in [6.07, 6.45) is 4.34. The van der Waals surface area contributed by atoms with Crippen molar-refractivity contribution in [2.24, 2.45) is 11.3 Å². The standard InChI is InChI=1S/C34H41FN4O8S2/c1-21(34(11-12-34)23-8-7-14-37(20-23)31(40)47-33(2,3)4)39-29-26(35)17-25(18-28(29)46-32(39)41)49(42,43)38(30-36-13-15-48-30)19-22-9-10-24(44-5)16-27(22)45-6/h9-10,13,15-18,21,23H,7-8,11-12,14,19-20H2,1-6H3. The van der Waals surface area contributed by atoms with Gasteiger partial charge < -0.3 is 23.5 Å². The molecule has 6 rings (SSSR count). The number of thiazole rings is 1. The Kier molecular flexibility index (Phi) is 9.20. The van der Waals surface area contributed by atoms with Gasteiger partial charge in [-0.3, -0.25) is 4.57 Å². The lowest BCUT2D eigenvalue weighted by molar-refractivity contribution is 0.00876. The van der Waals surface area contributed by atoms with Crippen LogP contribution in [0, 0.1) is 17.2 Å². The number of likely N-dealkylation sites (tertiary alicyclic amines) is 1. The van der Waals surface area contributed by atoms with E-state index in [1.807, 2.05) is 27.7 Å². The van der Waals surface area contributed by atoms with Crippen molar-refractivity contribution >= 4 is 43.7 Å². The molecule has 2 aliphatic rings. The van der Waals surface area contributed by atoms with E-state index in [-0.39, 0.29) is 40.2 Å². The first-order valence-electron chi connectivity index (χ1n) is 16.1. The molecule has 1 amide bonds. The SMILES string of the molecule is COc1ccc(CN(c2nccs2)S(=O)(=O)c2cc(F)c3c(c2)oc(=O)n3C(C)C2(C3CCCN(C(=O)OC(C)(C)C)C3)CC2)c(OC)c1. The average molecular weight is 717 g/mol. The van der Waals surface area contributed by atoms with Crippen LogP contribution in [-0.2, 0) is 21.3 Å².